The molecule has 0 unspecified atom stereocenters. The second-order valence-electron chi connectivity index (χ2n) is 8.46. The summed E-state index contributed by atoms with van der Waals surface area (Å²) in [5.41, 5.74) is 0. The van der Waals surface area contributed by atoms with E-state index in [1.165, 1.54) is 57.8 Å². The van der Waals surface area contributed by atoms with Crippen LogP contribution in [0, 0.1) is 36.0 Å². The second kappa shape index (κ2) is 9.14. The van der Waals surface area contributed by atoms with Crippen LogP contribution in [0.4, 0.5) is 0 Å². The van der Waals surface area contributed by atoms with Crippen LogP contribution in [-0.2, 0) is 0 Å². The van der Waals surface area contributed by atoms with Crippen molar-refractivity contribution in [3.8, 4) is 0 Å². The van der Waals surface area contributed by atoms with Crippen LogP contribution in [0.2, 0.25) is 0 Å². The van der Waals surface area contributed by atoms with Gasteiger partial charge in [-0.15, -0.1) is 0 Å². The van der Waals surface area contributed by atoms with Crippen molar-refractivity contribution < 1.29 is 0 Å². The molecule has 0 aromatic carbocycles. The van der Waals surface area contributed by atoms with Crippen LogP contribution in [0.1, 0.15) is 90.4 Å². The van der Waals surface area contributed by atoms with E-state index in [1.807, 2.05) is 0 Å². The Balaban J connectivity index is 0.00000192. The normalized spacial score (nSPS) is 36.7. The maximum absolute atomic E-state index is 2.52. The van der Waals surface area contributed by atoms with E-state index in [1.54, 1.807) is 25.7 Å². The molecule has 3 aliphatic carbocycles. The van der Waals surface area contributed by atoms with Crippen molar-refractivity contribution in [2.45, 2.75) is 90.4 Å². The van der Waals surface area contributed by atoms with Crippen molar-refractivity contribution >= 4 is 0 Å². The molecule has 1 heteroatoms. The largest absolute Gasteiger partial charge is 0.328 e. The molecule has 0 heterocycles. The summed E-state index contributed by atoms with van der Waals surface area (Å²) in [6.07, 6.45) is 26.6. The Labute approximate surface area is 139 Å². The summed E-state index contributed by atoms with van der Waals surface area (Å²) in [4.78, 5) is 0. The smallest absolute Gasteiger partial charge is 0 e. The Morgan fingerprint density at radius 2 is 1.13 bits per heavy atom. The zero-order valence-corrected chi connectivity index (χ0v) is 21.9. The van der Waals surface area contributed by atoms with Gasteiger partial charge in [-0.2, -0.15) is 12.8 Å². The summed E-state index contributed by atoms with van der Waals surface area (Å²) < 4.78 is 0. The van der Waals surface area contributed by atoms with E-state index in [2.05, 4.69) is 25.5 Å². The van der Waals surface area contributed by atoms with Crippen LogP contribution in [-0.4, -0.2) is 0 Å². The third-order valence-corrected chi connectivity index (χ3v) is 7.23. The summed E-state index contributed by atoms with van der Waals surface area (Å²) in [6, 6.07) is 0. The fraction of sp³-hybridized carbons (Fsp3) is 0.864. The maximum atomic E-state index is 2.52. The van der Waals surface area contributed by atoms with Crippen LogP contribution in [0.5, 0.6) is 0 Å². The zero-order chi connectivity index (χ0) is 15.2. The number of allylic oxidation sites excluding steroid dienone is 2. The first kappa shape index (κ1) is 18.1. The van der Waals surface area contributed by atoms with Gasteiger partial charge in [0.15, 0.2) is 0 Å². The van der Waals surface area contributed by atoms with E-state index in [0.29, 0.717) is 0 Å². The van der Waals surface area contributed by atoms with E-state index in [4.69, 9.17) is 0 Å². The molecule has 0 atom stereocenters. The van der Waals surface area contributed by atoms with Gasteiger partial charge in [0.1, 0.15) is 0 Å². The van der Waals surface area contributed by atoms with Crippen molar-refractivity contribution in [2.75, 3.05) is 0 Å². The molecule has 0 N–H and O–H groups in total. The minimum absolute atomic E-state index is 0. The average molecular weight is 569 g/mol. The van der Waals surface area contributed by atoms with Gasteiger partial charge in [-0.05, 0) is 94.3 Å². The maximum Gasteiger partial charge on any atom is 0 e. The van der Waals surface area contributed by atoms with Gasteiger partial charge in [-0.3, -0.25) is 0 Å². The standard InChI is InChI=1S/C22H37.Rf/c1-2-3-7-18-10-12-20(13-11-18)22-16-14-21(15-17-22)19-8-5-4-6-9-19;/h2-4,18-22H,5-17H2,1H3;/q-1;/b3-2+;. The van der Waals surface area contributed by atoms with Crippen LogP contribution in [0.15, 0.2) is 12.2 Å². The monoisotopic (exact) mass is 568 g/mol. The van der Waals surface area contributed by atoms with E-state index < -0.39 is 0 Å². The summed E-state index contributed by atoms with van der Waals surface area (Å²) >= 11 is 0. The molecule has 0 aliphatic heterocycles. The van der Waals surface area contributed by atoms with Crippen LogP contribution in [0.3, 0.4) is 0 Å². The van der Waals surface area contributed by atoms with Gasteiger partial charge in [0.25, 0.3) is 0 Å². The van der Waals surface area contributed by atoms with Crippen molar-refractivity contribution in [3.63, 3.8) is 0 Å². The first-order valence-electron chi connectivity index (χ1n) is 10.3. The summed E-state index contributed by atoms with van der Waals surface area (Å²) in [7, 11) is 0. The predicted molar refractivity (Wildman–Crippen MR) is 96.6 cm³/mol. The Morgan fingerprint density at radius 1 is 0.696 bits per heavy atom. The fourth-order valence-corrected chi connectivity index (χ4v) is 5.74. The zero-order valence-electron chi connectivity index (χ0n) is 15.5. The van der Waals surface area contributed by atoms with Crippen LogP contribution >= 0.6 is 0 Å². The van der Waals surface area contributed by atoms with Crippen LogP contribution < -0.4 is 0 Å². The van der Waals surface area contributed by atoms with Gasteiger partial charge in [0.05, 0.1) is 0 Å². The molecule has 3 rings (SSSR count). The van der Waals surface area contributed by atoms with Crippen molar-refractivity contribution in [1.82, 2.24) is 0 Å². The molecule has 128 valence electrons. The van der Waals surface area contributed by atoms with Gasteiger partial charge in [0.2, 0.25) is 0 Å². The molecule has 0 radical (unpaired) electrons. The van der Waals surface area contributed by atoms with E-state index >= 15 is 0 Å². The molecular weight excluding hydrogens is 531 g/mol. The van der Waals surface area contributed by atoms with Crippen molar-refractivity contribution in [1.29, 1.82) is 0 Å². The number of hydrogen-bond donors (Lipinski definition) is 0. The molecule has 23 heavy (non-hydrogen) atoms. The van der Waals surface area contributed by atoms with Crippen molar-refractivity contribution in [3.05, 3.63) is 18.6 Å². The first-order valence-corrected chi connectivity index (χ1v) is 10.3. The van der Waals surface area contributed by atoms with Gasteiger partial charge in [-0.1, -0.05) is 25.0 Å². The second-order valence-corrected chi connectivity index (χ2v) is 8.46. The third kappa shape index (κ3) is 4.85. The Morgan fingerprint density at radius 3 is 1.61 bits per heavy atom. The molecule has 3 saturated carbocycles. The summed E-state index contributed by atoms with van der Waals surface area (Å²) in [5, 5.41) is 0. The average Bonchev–Trinajstić information content (AvgIpc) is 2.61. The fourth-order valence-electron chi connectivity index (χ4n) is 5.74. The van der Waals surface area contributed by atoms with Gasteiger partial charge >= 0.3 is 0 Å². The van der Waals surface area contributed by atoms with E-state index in [-0.39, 0.29) is 0 Å². The summed E-state index contributed by atoms with van der Waals surface area (Å²) in [5.74, 6) is 5.36. The minimum Gasteiger partial charge on any atom is -0.328 e. The number of hydrogen-bond acceptors (Lipinski definition) is 0. The molecule has 0 amide bonds. The van der Waals surface area contributed by atoms with Gasteiger partial charge in [-0.25, -0.2) is 0 Å². The molecule has 0 spiro atoms. The molecule has 0 saturated heterocycles. The molecule has 0 aromatic rings. The first-order chi connectivity index (χ1) is 10.9. The third-order valence-electron chi connectivity index (χ3n) is 7.23. The minimum atomic E-state index is 0. The summed E-state index contributed by atoms with van der Waals surface area (Å²) in [6.45, 7) is 2.16. The Bertz CT molecular complexity index is 326. The topological polar surface area (TPSA) is 0 Å². The van der Waals surface area contributed by atoms with E-state index in [0.717, 1.165) is 29.6 Å². The molecule has 0 aromatic heterocycles. The molecule has 0 bridgehead atoms. The quantitative estimate of drug-likeness (QED) is 0.254. The van der Waals surface area contributed by atoms with Gasteiger partial charge in [0, 0.05) is 0 Å². The molecule has 3 aliphatic rings. The Hall–Kier alpha value is -1.26. The van der Waals surface area contributed by atoms with Gasteiger partial charge < -0.3 is 6.42 Å². The number of rotatable bonds is 4. The SMILES string of the molecule is C/C=C/CC1CCC(C2CCC(C3CC[CH-]CC3)CC2)CC1.[Rf]. The van der Waals surface area contributed by atoms with Crippen LogP contribution in [0.25, 0.3) is 0 Å². The molecule has 0 nitrogen and oxygen atoms in total. The van der Waals surface area contributed by atoms with E-state index in [9.17, 15) is 0 Å². The predicted octanol–water partition coefficient (Wildman–Crippen LogP) is 6.96. The molecular formula is C22H37Rf-. The Kier molecular flexibility index (Phi) is 7.18. The van der Waals surface area contributed by atoms with Crippen molar-refractivity contribution in [2.24, 2.45) is 29.6 Å². The molecule has 3 fully saturated rings.